The Morgan fingerprint density at radius 3 is 2.43 bits per heavy atom. The number of benzene rings is 2. The minimum absolute atomic E-state index is 0.0365. The van der Waals surface area contributed by atoms with E-state index in [2.05, 4.69) is 20.7 Å². The number of hydrogen-bond acceptors (Lipinski definition) is 5. The Morgan fingerprint density at radius 1 is 1.00 bits per heavy atom. The van der Waals surface area contributed by atoms with Crippen LogP contribution in [0.3, 0.4) is 0 Å². The molecule has 1 heterocycles. The number of nitrogens with zero attached hydrogens (tertiary/aromatic N) is 1. The maximum Gasteiger partial charge on any atom is 0.319 e. The van der Waals surface area contributed by atoms with Crippen LogP contribution in [0.25, 0.3) is 0 Å². The van der Waals surface area contributed by atoms with Crippen molar-refractivity contribution in [1.82, 2.24) is 20.3 Å². The van der Waals surface area contributed by atoms with Crippen LogP contribution in [0.15, 0.2) is 76.2 Å². The molecule has 0 bridgehead atoms. The average molecular weight is 639 g/mol. The van der Waals surface area contributed by atoms with Crippen LogP contribution in [0.2, 0.25) is 10.0 Å². The van der Waals surface area contributed by atoms with E-state index in [9.17, 15) is 18.0 Å². The third-order valence-corrected chi connectivity index (χ3v) is 8.35. The van der Waals surface area contributed by atoms with Gasteiger partial charge in [-0.15, -0.1) is 0 Å². The topological polar surface area (TPSA) is 133 Å². The highest BCUT2D eigenvalue weighted by atomic mass is 35.5. The Balaban J connectivity index is 1.61. The molecule has 0 aliphatic rings. The molecule has 3 rings (SSSR count). The van der Waals surface area contributed by atoms with Crippen molar-refractivity contribution in [3.8, 4) is 0 Å². The van der Waals surface area contributed by atoms with E-state index in [1.165, 1.54) is 24.5 Å². The number of para-hydroxylation sites is 1. The highest BCUT2D eigenvalue weighted by molar-refractivity contribution is 7.89. The molecule has 1 unspecified atom stereocenters. The first-order chi connectivity index (χ1) is 20.0. The second kappa shape index (κ2) is 16.4. The quantitative estimate of drug-likeness (QED) is 0.150. The third-order valence-electron chi connectivity index (χ3n) is 6.18. The summed E-state index contributed by atoms with van der Waals surface area (Å²) in [6.45, 7) is 5.05. The fraction of sp³-hybridized carbons (Fsp3) is 0.379. The van der Waals surface area contributed by atoms with Gasteiger partial charge in [-0.05, 0) is 67.6 Å². The molecule has 13 heteroatoms. The molecule has 0 spiro atoms. The number of furan rings is 1. The fourth-order valence-corrected chi connectivity index (χ4v) is 6.10. The summed E-state index contributed by atoms with van der Waals surface area (Å²) in [5.41, 5.74) is 0.661. The zero-order chi connectivity index (χ0) is 30.5. The van der Waals surface area contributed by atoms with Gasteiger partial charge in [-0.25, -0.2) is 22.7 Å². The summed E-state index contributed by atoms with van der Waals surface area (Å²) >= 11 is 11.9. The van der Waals surface area contributed by atoms with E-state index in [4.69, 9.17) is 27.6 Å². The maximum atomic E-state index is 13.2. The lowest BCUT2D eigenvalue weighted by molar-refractivity contribution is 0.184. The van der Waals surface area contributed by atoms with Gasteiger partial charge in [-0.3, -0.25) is 0 Å². The molecular formula is C29H37Cl2N5O5S. The number of unbranched alkanes of at least 4 members (excludes halogenated alkanes) is 1. The van der Waals surface area contributed by atoms with E-state index in [-0.39, 0.29) is 53.6 Å². The normalized spacial score (nSPS) is 12.1. The molecule has 1 atom stereocenters. The summed E-state index contributed by atoms with van der Waals surface area (Å²) < 4.78 is 33.2. The Bertz CT molecular complexity index is 1390. The van der Waals surface area contributed by atoms with Crippen molar-refractivity contribution in [1.29, 1.82) is 0 Å². The number of carbonyl (C=O) groups is 2. The van der Waals surface area contributed by atoms with Crippen molar-refractivity contribution in [3.05, 3.63) is 82.7 Å². The van der Waals surface area contributed by atoms with E-state index in [1.807, 2.05) is 32.0 Å². The first kappa shape index (κ1) is 33.3. The smallest absolute Gasteiger partial charge is 0.319 e. The van der Waals surface area contributed by atoms with Crippen molar-refractivity contribution in [2.45, 2.75) is 50.6 Å². The summed E-state index contributed by atoms with van der Waals surface area (Å²) in [4.78, 5) is 27.5. The molecule has 0 aliphatic carbocycles. The number of nitrogens with one attached hydrogen (secondary N) is 4. The molecule has 4 amide bonds. The number of hydrogen-bond donors (Lipinski definition) is 4. The number of anilines is 1. The molecule has 10 nitrogen and oxygen atoms in total. The summed E-state index contributed by atoms with van der Waals surface area (Å²) in [6.07, 6.45) is 3.15. The number of rotatable bonds is 15. The number of carbonyl (C=O) groups excluding carboxylic acids is 2. The number of sulfonamides is 1. The van der Waals surface area contributed by atoms with Crippen LogP contribution in [0.1, 0.15) is 38.9 Å². The minimum atomic E-state index is -3.83. The minimum Gasteiger partial charge on any atom is -0.467 e. The third kappa shape index (κ3) is 11.2. The molecule has 1 aromatic heterocycles. The summed E-state index contributed by atoms with van der Waals surface area (Å²) in [5, 5.41) is 9.06. The molecule has 0 saturated heterocycles. The highest BCUT2D eigenvalue weighted by Gasteiger charge is 2.22. The lowest BCUT2D eigenvalue weighted by atomic mass is 10.0. The molecule has 42 heavy (non-hydrogen) atoms. The van der Waals surface area contributed by atoms with Gasteiger partial charge in [0.2, 0.25) is 10.0 Å². The second-order valence-corrected chi connectivity index (χ2v) is 12.7. The highest BCUT2D eigenvalue weighted by Crippen LogP contribution is 2.24. The molecule has 0 fully saturated rings. The van der Waals surface area contributed by atoms with E-state index in [0.717, 1.165) is 0 Å². The summed E-state index contributed by atoms with van der Waals surface area (Å²) in [6, 6.07) is 15.8. The van der Waals surface area contributed by atoms with Crippen LogP contribution < -0.4 is 20.7 Å². The SMILES string of the molecule is CC(C)CC(CN(CCCCNS(=O)(=O)c1ccc(Cl)cc1Cl)C(=O)NCc1ccco1)NC(=O)Nc1ccccc1. The van der Waals surface area contributed by atoms with E-state index in [1.54, 1.807) is 29.2 Å². The molecule has 0 aliphatic heterocycles. The Hall–Kier alpha value is -3.25. The van der Waals surface area contributed by atoms with Gasteiger partial charge < -0.3 is 25.3 Å². The van der Waals surface area contributed by atoms with Gasteiger partial charge in [-0.2, -0.15) is 0 Å². The molecular weight excluding hydrogens is 601 g/mol. The largest absolute Gasteiger partial charge is 0.467 e. The van der Waals surface area contributed by atoms with Crippen molar-refractivity contribution in [2.24, 2.45) is 5.92 Å². The zero-order valence-electron chi connectivity index (χ0n) is 23.6. The Morgan fingerprint density at radius 2 is 1.76 bits per heavy atom. The van der Waals surface area contributed by atoms with Crippen LogP contribution in [0.5, 0.6) is 0 Å². The fourth-order valence-electron chi connectivity index (χ4n) is 4.26. The first-order valence-corrected chi connectivity index (χ1v) is 15.9. The van der Waals surface area contributed by atoms with Gasteiger partial charge in [-0.1, -0.05) is 55.2 Å². The molecule has 0 radical (unpaired) electrons. The van der Waals surface area contributed by atoms with Crippen molar-refractivity contribution < 1.29 is 22.4 Å². The van der Waals surface area contributed by atoms with Gasteiger partial charge >= 0.3 is 12.1 Å². The van der Waals surface area contributed by atoms with Crippen LogP contribution in [0, 0.1) is 5.92 Å². The molecule has 0 saturated carbocycles. The van der Waals surface area contributed by atoms with Crippen LogP contribution in [0.4, 0.5) is 15.3 Å². The summed E-state index contributed by atoms with van der Waals surface area (Å²) in [5.74, 6) is 0.867. The lowest BCUT2D eigenvalue weighted by Gasteiger charge is -2.29. The van der Waals surface area contributed by atoms with Crippen LogP contribution >= 0.6 is 23.2 Å². The van der Waals surface area contributed by atoms with Crippen LogP contribution in [-0.4, -0.2) is 51.1 Å². The number of amides is 4. The maximum absolute atomic E-state index is 13.2. The first-order valence-electron chi connectivity index (χ1n) is 13.7. The average Bonchev–Trinajstić information content (AvgIpc) is 3.44. The molecule has 3 aromatic rings. The monoisotopic (exact) mass is 637 g/mol. The standard InChI is InChI=1S/C29H37Cl2N5O5S/c1-21(2)17-24(35-28(37)34-23-9-4-3-5-10-23)20-36(29(38)32-19-25-11-8-16-41-25)15-7-6-14-33-42(39,40)27-13-12-22(30)18-26(27)31/h3-5,8-13,16,18,21,24,33H,6-7,14-15,17,19-20H2,1-2H3,(H,32,38)(H2,34,35,37). The predicted molar refractivity (Wildman–Crippen MR) is 165 cm³/mol. The predicted octanol–water partition coefficient (Wildman–Crippen LogP) is 6.09. The van der Waals surface area contributed by atoms with Gasteiger partial charge in [0.1, 0.15) is 10.7 Å². The molecule has 228 valence electrons. The zero-order valence-corrected chi connectivity index (χ0v) is 25.9. The Kier molecular flexibility index (Phi) is 13.0. The number of urea groups is 2. The second-order valence-electron chi connectivity index (χ2n) is 10.2. The summed E-state index contributed by atoms with van der Waals surface area (Å²) in [7, 11) is -3.83. The van der Waals surface area contributed by atoms with Gasteiger partial charge in [0.25, 0.3) is 0 Å². The Labute approximate surface area is 257 Å². The van der Waals surface area contributed by atoms with Gasteiger partial charge in [0.05, 0.1) is 17.8 Å². The van der Waals surface area contributed by atoms with E-state index < -0.39 is 10.0 Å². The van der Waals surface area contributed by atoms with Crippen molar-refractivity contribution in [2.75, 3.05) is 25.0 Å². The lowest BCUT2D eigenvalue weighted by Crippen LogP contribution is -2.50. The van der Waals surface area contributed by atoms with Gasteiger partial charge in [0, 0.05) is 36.4 Å². The van der Waals surface area contributed by atoms with E-state index in [0.29, 0.717) is 42.3 Å². The van der Waals surface area contributed by atoms with Gasteiger partial charge in [0.15, 0.2) is 0 Å². The van der Waals surface area contributed by atoms with Crippen molar-refractivity contribution >= 4 is 51.0 Å². The molecule has 2 aromatic carbocycles. The number of halogens is 2. The molecule has 4 N–H and O–H groups in total. The van der Waals surface area contributed by atoms with Crippen molar-refractivity contribution in [3.63, 3.8) is 0 Å². The van der Waals surface area contributed by atoms with E-state index >= 15 is 0 Å². The van der Waals surface area contributed by atoms with Crippen LogP contribution in [-0.2, 0) is 16.6 Å².